The summed E-state index contributed by atoms with van der Waals surface area (Å²) < 4.78 is 5.77. The molecule has 2 saturated heterocycles. The highest BCUT2D eigenvalue weighted by Crippen LogP contribution is 2.26. The number of ether oxygens (including phenoxy) is 1. The van der Waals surface area contributed by atoms with E-state index in [0.717, 1.165) is 25.1 Å². The number of fused-ring (bicyclic) bond motifs is 1. The van der Waals surface area contributed by atoms with Crippen molar-refractivity contribution in [3.8, 4) is 0 Å². The van der Waals surface area contributed by atoms with Crippen molar-refractivity contribution in [1.29, 1.82) is 0 Å². The normalized spacial score (nSPS) is 26.9. The van der Waals surface area contributed by atoms with Crippen LogP contribution in [-0.4, -0.2) is 60.5 Å². The van der Waals surface area contributed by atoms with E-state index in [2.05, 4.69) is 15.5 Å². The lowest BCUT2D eigenvalue weighted by Gasteiger charge is -2.34. The summed E-state index contributed by atoms with van der Waals surface area (Å²) in [6.45, 7) is 4.34. The quantitative estimate of drug-likeness (QED) is 0.774. The van der Waals surface area contributed by atoms with E-state index >= 15 is 0 Å². The highest BCUT2D eigenvalue weighted by atomic mass is 35.5. The first-order chi connectivity index (χ1) is 11.6. The second-order valence-electron chi connectivity index (χ2n) is 6.54. The number of para-hydroxylation sites is 1. The number of nitrogens with one attached hydrogen (secondary N) is 2. The molecule has 2 aliphatic heterocycles. The van der Waals surface area contributed by atoms with E-state index in [0.29, 0.717) is 29.8 Å². The molecule has 0 spiro atoms. The molecule has 0 bridgehead atoms. The average Bonchev–Trinajstić information content (AvgIpc) is 2.93. The zero-order valence-corrected chi connectivity index (χ0v) is 14.6. The number of halogens is 1. The van der Waals surface area contributed by atoms with E-state index < -0.39 is 0 Å². The van der Waals surface area contributed by atoms with Crippen LogP contribution in [0.4, 0.5) is 10.5 Å². The van der Waals surface area contributed by atoms with Crippen LogP contribution < -0.4 is 10.6 Å². The Hall–Kier alpha value is -1.34. The number of anilines is 1. The Kier molecular flexibility index (Phi) is 5.61. The largest absolute Gasteiger partial charge is 0.396 e. The van der Waals surface area contributed by atoms with Gasteiger partial charge in [0, 0.05) is 31.8 Å². The van der Waals surface area contributed by atoms with Crippen LogP contribution in [0.1, 0.15) is 18.4 Å². The molecule has 3 rings (SSSR count). The van der Waals surface area contributed by atoms with Crippen LogP contribution in [0.5, 0.6) is 0 Å². The Morgan fingerprint density at radius 2 is 2.29 bits per heavy atom. The summed E-state index contributed by atoms with van der Waals surface area (Å²) in [5.41, 5.74) is 1.58. The van der Waals surface area contributed by atoms with Crippen LogP contribution in [0.25, 0.3) is 0 Å². The van der Waals surface area contributed by atoms with Gasteiger partial charge in [-0.3, -0.25) is 4.90 Å². The number of aliphatic hydroxyl groups excluding tert-OH is 1. The molecule has 2 fully saturated rings. The van der Waals surface area contributed by atoms with Crippen molar-refractivity contribution in [3.63, 3.8) is 0 Å². The van der Waals surface area contributed by atoms with E-state index in [4.69, 9.17) is 21.4 Å². The molecule has 0 aliphatic carbocycles. The molecule has 3 atom stereocenters. The Morgan fingerprint density at radius 1 is 1.46 bits per heavy atom. The van der Waals surface area contributed by atoms with Crippen molar-refractivity contribution in [2.24, 2.45) is 0 Å². The van der Waals surface area contributed by atoms with Crippen LogP contribution >= 0.6 is 11.6 Å². The SMILES string of the molecule is Cc1cccc(Cl)c1NC(=O)N[C@@H]1C[C@H]2CO[C@@H](CCO)CN2C1. The number of nitrogens with zero attached hydrogens (tertiary/aromatic N) is 1. The summed E-state index contributed by atoms with van der Waals surface area (Å²) in [6, 6.07) is 5.73. The molecule has 132 valence electrons. The van der Waals surface area contributed by atoms with Crippen LogP contribution in [-0.2, 0) is 4.74 Å². The molecule has 6 nitrogen and oxygen atoms in total. The van der Waals surface area contributed by atoms with Crippen molar-refractivity contribution in [1.82, 2.24) is 10.2 Å². The maximum Gasteiger partial charge on any atom is 0.319 e. The fourth-order valence-electron chi connectivity index (χ4n) is 3.49. The molecule has 3 N–H and O–H groups in total. The second kappa shape index (κ2) is 7.70. The Balaban J connectivity index is 1.53. The van der Waals surface area contributed by atoms with Gasteiger partial charge in [0.05, 0.1) is 23.4 Å². The lowest BCUT2D eigenvalue weighted by atomic mass is 10.1. The number of hydrogen-bond acceptors (Lipinski definition) is 4. The predicted octanol–water partition coefficient (Wildman–Crippen LogP) is 1.99. The van der Waals surface area contributed by atoms with Gasteiger partial charge in [-0.15, -0.1) is 0 Å². The smallest absolute Gasteiger partial charge is 0.319 e. The standard InChI is InChI=1S/C17H24ClN3O3/c1-11-3-2-4-15(18)16(11)20-17(23)19-12-7-13-10-24-14(5-6-22)9-21(13)8-12/h2-4,12-14,22H,5-10H2,1H3,(H2,19,20,23)/t12-,13+,14+/m1/s1. The van der Waals surface area contributed by atoms with Gasteiger partial charge in [-0.25, -0.2) is 4.79 Å². The van der Waals surface area contributed by atoms with E-state index in [-0.39, 0.29) is 24.8 Å². The molecule has 0 saturated carbocycles. The van der Waals surface area contributed by atoms with Gasteiger partial charge in [0.2, 0.25) is 0 Å². The Labute approximate surface area is 147 Å². The molecule has 0 unspecified atom stereocenters. The summed E-state index contributed by atoms with van der Waals surface area (Å²) in [5, 5.41) is 15.5. The zero-order valence-electron chi connectivity index (χ0n) is 13.8. The summed E-state index contributed by atoms with van der Waals surface area (Å²) >= 11 is 6.15. The average molecular weight is 354 g/mol. The number of urea groups is 1. The van der Waals surface area contributed by atoms with Gasteiger partial charge in [0.15, 0.2) is 0 Å². The van der Waals surface area contributed by atoms with E-state index in [1.807, 2.05) is 19.1 Å². The highest BCUT2D eigenvalue weighted by Gasteiger charge is 2.37. The van der Waals surface area contributed by atoms with Gasteiger partial charge >= 0.3 is 6.03 Å². The summed E-state index contributed by atoms with van der Waals surface area (Å²) in [7, 11) is 0. The first-order valence-electron chi connectivity index (χ1n) is 8.36. The molecule has 0 aromatic heterocycles. The predicted molar refractivity (Wildman–Crippen MR) is 93.6 cm³/mol. The third-order valence-electron chi connectivity index (χ3n) is 4.74. The topological polar surface area (TPSA) is 73.8 Å². The van der Waals surface area contributed by atoms with Gasteiger partial charge < -0.3 is 20.5 Å². The number of hydrogen-bond donors (Lipinski definition) is 3. The minimum atomic E-state index is -0.233. The molecule has 2 aliphatic rings. The number of carbonyl (C=O) groups excluding carboxylic acids is 1. The van der Waals surface area contributed by atoms with Crippen LogP contribution in [0.3, 0.4) is 0 Å². The maximum absolute atomic E-state index is 12.3. The van der Waals surface area contributed by atoms with Gasteiger partial charge in [-0.1, -0.05) is 23.7 Å². The number of rotatable bonds is 4. The fraction of sp³-hybridized carbons (Fsp3) is 0.588. The fourth-order valence-corrected chi connectivity index (χ4v) is 3.76. The molecular formula is C17H24ClN3O3. The van der Waals surface area contributed by atoms with Crippen molar-refractivity contribution in [2.45, 2.75) is 38.0 Å². The number of aryl methyl sites for hydroxylation is 1. The number of aliphatic hydroxyl groups is 1. The van der Waals surface area contributed by atoms with E-state index in [1.54, 1.807) is 6.07 Å². The highest BCUT2D eigenvalue weighted by molar-refractivity contribution is 6.33. The number of morpholine rings is 1. The van der Waals surface area contributed by atoms with Crippen LogP contribution in [0.15, 0.2) is 18.2 Å². The van der Waals surface area contributed by atoms with Crippen LogP contribution in [0, 0.1) is 6.92 Å². The van der Waals surface area contributed by atoms with Gasteiger partial charge in [-0.2, -0.15) is 0 Å². The van der Waals surface area contributed by atoms with Crippen molar-refractivity contribution < 1.29 is 14.6 Å². The van der Waals surface area contributed by atoms with E-state index in [9.17, 15) is 4.79 Å². The number of amides is 2. The number of carbonyl (C=O) groups is 1. The third kappa shape index (κ3) is 4.00. The molecule has 1 aromatic rings. The Morgan fingerprint density at radius 3 is 3.04 bits per heavy atom. The number of benzene rings is 1. The molecule has 2 heterocycles. The molecular weight excluding hydrogens is 330 g/mol. The summed E-state index contributed by atoms with van der Waals surface area (Å²) in [4.78, 5) is 14.6. The minimum Gasteiger partial charge on any atom is -0.396 e. The van der Waals surface area contributed by atoms with Gasteiger partial charge in [0.1, 0.15) is 0 Å². The first kappa shape index (κ1) is 17.5. The summed E-state index contributed by atoms with van der Waals surface area (Å²) in [5.74, 6) is 0. The van der Waals surface area contributed by atoms with Crippen molar-refractivity contribution >= 4 is 23.3 Å². The summed E-state index contributed by atoms with van der Waals surface area (Å²) in [6.07, 6.45) is 1.62. The Bertz CT molecular complexity index is 578. The molecule has 2 amide bonds. The minimum absolute atomic E-state index is 0.0876. The third-order valence-corrected chi connectivity index (χ3v) is 5.05. The maximum atomic E-state index is 12.3. The monoisotopic (exact) mass is 353 g/mol. The lowest BCUT2D eigenvalue weighted by molar-refractivity contribution is -0.0566. The lowest BCUT2D eigenvalue weighted by Crippen LogP contribution is -2.46. The second-order valence-corrected chi connectivity index (χ2v) is 6.95. The van der Waals surface area contributed by atoms with Crippen molar-refractivity contribution in [2.75, 3.05) is 31.6 Å². The zero-order chi connectivity index (χ0) is 17.1. The van der Waals surface area contributed by atoms with E-state index in [1.165, 1.54) is 0 Å². The first-order valence-corrected chi connectivity index (χ1v) is 8.73. The molecule has 1 aromatic carbocycles. The van der Waals surface area contributed by atoms with Gasteiger partial charge in [0.25, 0.3) is 0 Å². The molecule has 24 heavy (non-hydrogen) atoms. The van der Waals surface area contributed by atoms with Crippen LogP contribution in [0.2, 0.25) is 5.02 Å². The molecule has 0 radical (unpaired) electrons. The van der Waals surface area contributed by atoms with Crippen molar-refractivity contribution in [3.05, 3.63) is 28.8 Å². The van der Waals surface area contributed by atoms with Gasteiger partial charge in [-0.05, 0) is 31.4 Å². The molecule has 7 heteroatoms.